The van der Waals surface area contributed by atoms with Gasteiger partial charge in [-0.15, -0.1) is 0 Å². The van der Waals surface area contributed by atoms with Crippen LogP contribution in [0, 0.1) is 30.1 Å². The standard InChI is InChI=1S/C27H24ClFN6/c1-14-15-8-10-17(11-9-15)22(14)34-26-21(29)20(16-6-4-3-5-7-16)25(30-2)23(35-26)18-12-31-27-24(18)33-19(28)13-32-27/h3-7,12-15,17,22H,8-11H2,1H3,(H,31,32)(H,34,35)/t14-,15?,17?,22+/m1/s1. The van der Waals surface area contributed by atoms with E-state index < -0.39 is 5.82 Å². The molecule has 0 spiro atoms. The van der Waals surface area contributed by atoms with Crippen LogP contribution >= 0.6 is 11.6 Å². The summed E-state index contributed by atoms with van der Waals surface area (Å²) in [7, 11) is 0. The summed E-state index contributed by atoms with van der Waals surface area (Å²) >= 11 is 6.13. The summed E-state index contributed by atoms with van der Waals surface area (Å²) in [4.78, 5) is 20.3. The fraction of sp³-hybridized carbons (Fsp3) is 0.333. The second kappa shape index (κ2) is 8.62. The van der Waals surface area contributed by atoms with Gasteiger partial charge in [-0.2, -0.15) is 0 Å². The second-order valence-corrected chi connectivity index (χ2v) is 10.0. The second-order valence-electron chi connectivity index (χ2n) is 9.62. The van der Waals surface area contributed by atoms with Crippen molar-refractivity contribution in [3.63, 3.8) is 0 Å². The number of anilines is 1. The monoisotopic (exact) mass is 486 g/mol. The van der Waals surface area contributed by atoms with Gasteiger partial charge in [-0.3, -0.25) is 0 Å². The van der Waals surface area contributed by atoms with Crippen LogP contribution in [0.2, 0.25) is 5.15 Å². The van der Waals surface area contributed by atoms with E-state index in [0.29, 0.717) is 45.7 Å². The zero-order chi connectivity index (χ0) is 24.1. The maximum atomic E-state index is 16.2. The summed E-state index contributed by atoms with van der Waals surface area (Å²) in [5.41, 5.74) is 2.96. The predicted molar refractivity (Wildman–Crippen MR) is 136 cm³/mol. The average Bonchev–Trinajstić information content (AvgIpc) is 3.30. The van der Waals surface area contributed by atoms with Gasteiger partial charge >= 0.3 is 0 Å². The van der Waals surface area contributed by atoms with Gasteiger partial charge in [-0.25, -0.2) is 24.2 Å². The van der Waals surface area contributed by atoms with E-state index in [9.17, 15) is 0 Å². The molecule has 3 fully saturated rings. The molecule has 3 aliphatic rings. The molecule has 3 aliphatic carbocycles. The van der Waals surface area contributed by atoms with Gasteiger partial charge in [0.1, 0.15) is 10.7 Å². The fourth-order valence-corrected chi connectivity index (χ4v) is 6.16. The van der Waals surface area contributed by atoms with Crippen LogP contribution in [0.5, 0.6) is 0 Å². The minimum absolute atomic E-state index is 0.139. The van der Waals surface area contributed by atoms with Crippen molar-refractivity contribution in [1.29, 1.82) is 0 Å². The minimum atomic E-state index is -0.497. The lowest BCUT2D eigenvalue weighted by Crippen LogP contribution is -2.47. The summed E-state index contributed by atoms with van der Waals surface area (Å²) in [6.07, 6.45) is 7.96. The highest BCUT2D eigenvalue weighted by molar-refractivity contribution is 6.29. The lowest BCUT2D eigenvalue weighted by Gasteiger charge is -2.47. The fourth-order valence-electron chi connectivity index (χ4n) is 6.03. The summed E-state index contributed by atoms with van der Waals surface area (Å²) in [5, 5.41) is 3.73. The Morgan fingerprint density at radius 1 is 1.11 bits per heavy atom. The van der Waals surface area contributed by atoms with Crippen LogP contribution in [0.15, 0.2) is 42.7 Å². The minimum Gasteiger partial charge on any atom is -0.364 e. The number of aromatic nitrogens is 4. The number of pyridine rings is 1. The van der Waals surface area contributed by atoms with Crippen LogP contribution in [-0.2, 0) is 0 Å². The Hall–Kier alpha value is -3.50. The predicted octanol–water partition coefficient (Wildman–Crippen LogP) is 7.27. The molecule has 4 aromatic rings. The molecule has 0 saturated heterocycles. The first-order valence-corrected chi connectivity index (χ1v) is 12.4. The van der Waals surface area contributed by atoms with E-state index in [1.807, 2.05) is 30.3 Å². The first kappa shape index (κ1) is 22.0. The van der Waals surface area contributed by atoms with E-state index in [-0.39, 0.29) is 28.3 Å². The van der Waals surface area contributed by atoms with Gasteiger partial charge in [0.25, 0.3) is 0 Å². The van der Waals surface area contributed by atoms with Crippen LogP contribution in [0.3, 0.4) is 0 Å². The maximum absolute atomic E-state index is 16.2. The third kappa shape index (κ3) is 3.64. The summed E-state index contributed by atoms with van der Waals surface area (Å²) in [5.74, 6) is 1.27. The highest BCUT2D eigenvalue weighted by Gasteiger charge is 2.42. The van der Waals surface area contributed by atoms with Crippen molar-refractivity contribution in [3.8, 4) is 22.4 Å². The smallest absolute Gasteiger partial charge is 0.223 e. The molecule has 2 bridgehead atoms. The molecule has 0 aliphatic heterocycles. The lowest BCUT2D eigenvalue weighted by atomic mass is 9.62. The zero-order valence-electron chi connectivity index (χ0n) is 19.2. The molecule has 3 saturated carbocycles. The van der Waals surface area contributed by atoms with Gasteiger partial charge in [0.15, 0.2) is 17.3 Å². The van der Waals surface area contributed by atoms with Gasteiger partial charge < -0.3 is 10.3 Å². The van der Waals surface area contributed by atoms with Crippen LogP contribution < -0.4 is 5.32 Å². The molecule has 2 N–H and O–H groups in total. The van der Waals surface area contributed by atoms with E-state index >= 15 is 4.39 Å². The quantitative estimate of drug-likeness (QED) is 0.297. The molecule has 6 nitrogen and oxygen atoms in total. The number of H-pyrrole nitrogens is 1. The van der Waals surface area contributed by atoms with Crippen molar-refractivity contribution in [2.24, 2.45) is 17.8 Å². The van der Waals surface area contributed by atoms with Crippen molar-refractivity contribution >= 4 is 34.3 Å². The third-order valence-corrected chi connectivity index (χ3v) is 8.01. The van der Waals surface area contributed by atoms with Gasteiger partial charge in [0, 0.05) is 23.4 Å². The molecule has 7 rings (SSSR count). The molecule has 0 amide bonds. The SMILES string of the molecule is [C-]#[N+]c1c(-c2c[nH]c3ncc(Cl)nc23)nc(N[C@@H]2C3CCC(CC3)[C@H]2C)c(F)c1-c1ccccc1. The highest BCUT2D eigenvalue weighted by Crippen LogP contribution is 2.48. The number of benzene rings is 1. The molecule has 176 valence electrons. The number of hydrogen-bond acceptors (Lipinski definition) is 4. The lowest BCUT2D eigenvalue weighted by molar-refractivity contribution is 0.0926. The van der Waals surface area contributed by atoms with Gasteiger partial charge in [-0.1, -0.05) is 48.9 Å². The Labute approximate surface area is 207 Å². The Morgan fingerprint density at radius 3 is 2.57 bits per heavy atom. The first-order valence-electron chi connectivity index (χ1n) is 12.0. The summed E-state index contributed by atoms with van der Waals surface area (Å²) < 4.78 is 16.2. The van der Waals surface area contributed by atoms with Gasteiger partial charge in [0.2, 0.25) is 5.69 Å². The van der Waals surface area contributed by atoms with Crippen LogP contribution in [-0.4, -0.2) is 26.0 Å². The Bertz CT molecular complexity index is 1450. The largest absolute Gasteiger partial charge is 0.364 e. The van der Waals surface area contributed by atoms with Crippen molar-refractivity contribution in [2.75, 3.05) is 5.32 Å². The molecular formula is C27H24ClFN6. The van der Waals surface area contributed by atoms with Gasteiger partial charge in [-0.05, 0) is 49.0 Å². The average molecular weight is 487 g/mol. The van der Waals surface area contributed by atoms with Crippen molar-refractivity contribution in [1.82, 2.24) is 19.9 Å². The van der Waals surface area contributed by atoms with Crippen LogP contribution in [0.4, 0.5) is 15.9 Å². The number of halogens is 2. The maximum Gasteiger partial charge on any atom is 0.223 e. The van der Waals surface area contributed by atoms with Crippen LogP contribution in [0.25, 0.3) is 38.4 Å². The Balaban J connectivity index is 1.57. The Morgan fingerprint density at radius 2 is 1.86 bits per heavy atom. The number of hydrogen-bond donors (Lipinski definition) is 2. The van der Waals surface area contributed by atoms with E-state index in [0.717, 1.165) is 12.8 Å². The molecule has 35 heavy (non-hydrogen) atoms. The normalized spacial score (nSPS) is 23.4. The molecule has 2 atom stereocenters. The first-order chi connectivity index (χ1) is 17.0. The van der Waals surface area contributed by atoms with E-state index in [4.69, 9.17) is 23.2 Å². The third-order valence-electron chi connectivity index (χ3n) is 7.83. The topological polar surface area (TPSA) is 70.8 Å². The number of rotatable bonds is 4. The van der Waals surface area contributed by atoms with Crippen molar-refractivity contribution in [2.45, 2.75) is 38.6 Å². The summed E-state index contributed by atoms with van der Waals surface area (Å²) in [6.45, 7) is 10.2. The zero-order valence-corrected chi connectivity index (χ0v) is 20.0. The van der Waals surface area contributed by atoms with E-state index in [2.05, 4.69) is 32.0 Å². The number of nitrogens with one attached hydrogen (secondary N) is 2. The molecule has 0 unspecified atom stereocenters. The molecular weight excluding hydrogens is 463 g/mol. The van der Waals surface area contributed by atoms with E-state index in [1.165, 1.54) is 19.0 Å². The number of fused-ring (bicyclic) bond motifs is 4. The summed E-state index contributed by atoms with van der Waals surface area (Å²) in [6, 6.07) is 9.34. The van der Waals surface area contributed by atoms with Gasteiger partial charge in [0.05, 0.1) is 18.5 Å². The number of aromatic amines is 1. The van der Waals surface area contributed by atoms with Crippen molar-refractivity contribution < 1.29 is 4.39 Å². The van der Waals surface area contributed by atoms with E-state index in [1.54, 1.807) is 6.20 Å². The van der Waals surface area contributed by atoms with Crippen molar-refractivity contribution in [3.05, 3.63) is 65.1 Å². The highest BCUT2D eigenvalue weighted by atomic mass is 35.5. The van der Waals surface area contributed by atoms with Crippen LogP contribution in [0.1, 0.15) is 32.6 Å². The Kier molecular flexibility index (Phi) is 5.42. The molecule has 3 heterocycles. The number of nitrogens with zero attached hydrogens (tertiary/aromatic N) is 4. The molecule has 3 aromatic heterocycles. The molecule has 0 radical (unpaired) electrons. The molecule has 1 aromatic carbocycles. The molecule has 8 heteroatoms.